The maximum Gasteiger partial charge on any atom is 0.407 e. The number of methoxy groups -OCH3 is 2. The standard InChI is InChI=1S/C38H48N6O12/c1-51-33(45)39-21-27-8-3-10-29(18-27)23-41-35(47)53-14-6-16-55-37(49)43-25-31-12-5-13-32(20-31)26-44-38(50)56-17-7-15-54-36(48)42-24-30-11-4-9-28(19-30)22-40-34(46)52-2/h3-5,8-13,18-20H,6-7,14-17,21-26H2,1-2H3,(H,39,45)(H,40,46)(H,41,47)(H,42,48)(H,43,49)(H,44,50). The van der Waals surface area contributed by atoms with Crippen molar-refractivity contribution < 1.29 is 57.2 Å². The topological polar surface area (TPSA) is 230 Å². The number of carbonyl (C=O) groups excluding carboxylic acids is 6. The average molecular weight is 781 g/mol. The molecule has 0 heterocycles. The minimum absolute atomic E-state index is 0.0365. The number of hydrogen-bond donors (Lipinski definition) is 6. The average Bonchev–Trinajstić information content (AvgIpc) is 3.21. The second kappa shape index (κ2) is 25.3. The molecule has 0 saturated carbocycles. The van der Waals surface area contributed by atoms with Crippen molar-refractivity contribution in [3.63, 3.8) is 0 Å². The number of nitrogens with one attached hydrogen (secondary N) is 6. The van der Waals surface area contributed by atoms with E-state index in [0.717, 1.165) is 33.4 Å². The summed E-state index contributed by atoms with van der Waals surface area (Å²) in [4.78, 5) is 70.8. The van der Waals surface area contributed by atoms with Crippen molar-refractivity contribution in [2.75, 3.05) is 40.6 Å². The molecule has 0 spiro atoms. The van der Waals surface area contributed by atoms with E-state index in [4.69, 9.17) is 18.9 Å². The van der Waals surface area contributed by atoms with Crippen LogP contribution < -0.4 is 31.9 Å². The third kappa shape index (κ3) is 18.9. The Labute approximate surface area is 324 Å². The maximum absolute atomic E-state index is 12.1. The van der Waals surface area contributed by atoms with Gasteiger partial charge in [0.25, 0.3) is 0 Å². The van der Waals surface area contributed by atoms with Crippen LogP contribution in [0.25, 0.3) is 0 Å². The van der Waals surface area contributed by atoms with Gasteiger partial charge in [-0.3, -0.25) is 0 Å². The molecule has 6 N–H and O–H groups in total. The lowest BCUT2D eigenvalue weighted by molar-refractivity contribution is 0.116. The molecule has 0 saturated heterocycles. The minimum atomic E-state index is -0.638. The number of rotatable bonds is 20. The van der Waals surface area contributed by atoms with E-state index in [2.05, 4.69) is 41.4 Å². The molecule has 56 heavy (non-hydrogen) atoms. The number of amides is 6. The fourth-order valence-corrected chi connectivity index (χ4v) is 4.72. The lowest BCUT2D eigenvalue weighted by Gasteiger charge is -2.11. The molecular weight excluding hydrogens is 732 g/mol. The zero-order valence-corrected chi connectivity index (χ0v) is 31.3. The molecule has 6 amide bonds. The molecule has 18 nitrogen and oxygen atoms in total. The third-order valence-corrected chi connectivity index (χ3v) is 7.48. The highest BCUT2D eigenvalue weighted by Crippen LogP contribution is 2.08. The van der Waals surface area contributed by atoms with Crippen molar-refractivity contribution in [3.8, 4) is 0 Å². The van der Waals surface area contributed by atoms with Crippen molar-refractivity contribution in [1.29, 1.82) is 0 Å². The van der Waals surface area contributed by atoms with Crippen LogP contribution in [0.5, 0.6) is 0 Å². The zero-order valence-electron chi connectivity index (χ0n) is 31.3. The monoisotopic (exact) mass is 780 g/mol. The number of ether oxygens (including phenoxy) is 6. The Hall–Kier alpha value is -6.72. The van der Waals surface area contributed by atoms with E-state index in [1.165, 1.54) is 14.2 Å². The van der Waals surface area contributed by atoms with Gasteiger partial charge in [-0.05, 0) is 33.4 Å². The first-order valence-corrected chi connectivity index (χ1v) is 17.6. The Balaban J connectivity index is 1.19. The van der Waals surface area contributed by atoms with E-state index in [9.17, 15) is 28.8 Å². The summed E-state index contributed by atoms with van der Waals surface area (Å²) >= 11 is 0. The van der Waals surface area contributed by atoms with Gasteiger partial charge >= 0.3 is 36.6 Å². The summed E-state index contributed by atoms with van der Waals surface area (Å²) < 4.78 is 29.6. The van der Waals surface area contributed by atoms with Crippen molar-refractivity contribution in [2.45, 2.75) is 52.1 Å². The molecular formula is C38H48N6O12. The molecule has 0 radical (unpaired) electrons. The summed E-state index contributed by atoms with van der Waals surface area (Å²) in [5.74, 6) is 0. The molecule has 3 aromatic rings. The van der Waals surface area contributed by atoms with E-state index in [1.54, 1.807) is 6.07 Å². The Morgan fingerprint density at radius 3 is 0.804 bits per heavy atom. The SMILES string of the molecule is COC(=O)NCc1cccc(CNC(=O)OCCCOC(=O)NCc2cccc(CNC(=O)OCCCOC(=O)NCc3cccc(CNC(=O)OC)c3)c2)c1. The summed E-state index contributed by atoms with van der Waals surface area (Å²) in [6, 6.07) is 21.8. The summed E-state index contributed by atoms with van der Waals surface area (Å²) in [6.45, 7) is 1.56. The van der Waals surface area contributed by atoms with Gasteiger partial charge in [0.15, 0.2) is 0 Å². The normalized spacial score (nSPS) is 10.2. The molecule has 0 atom stereocenters. The molecule has 3 aromatic carbocycles. The Bertz CT molecular complexity index is 1620. The molecule has 18 heteroatoms. The third-order valence-electron chi connectivity index (χ3n) is 7.48. The van der Waals surface area contributed by atoms with Gasteiger partial charge in [-0.15, -0.1) is 0 Å². The molecule has 0 bridgehead atoms. The van der Waals surface area contributed by atoms with Crippen LogP contribution in [0, 0.1) is 0 Å². The van der Waals surface area contributed by atoms with Crippen LogP contribution in [0.3, 0.4) is 0 Å². The molecule has 0 aromatic heterocycles. The highest BCUT2D eigenvalue weighted by molar-refractivity contribution is 5.69. The fourth-order valence-electron chi connectivity index (χ4n) is 4.72. The van der Waals surface area contributed by atoms with Crippen LogP contribution in [0.15, 0.2) is 72.8 Å². The van der Waals surface area contributed by atoms with Crippen molar-refractivity contribution in [2.24, 2.45) is 0 Å². The summed E-state index contributed by atoms with van der Waals surface area (Å²) in [6.07, 6.45) is -2.99. The second-order valence-electron chi connectivity index (χ2n) is 11.8. The van der Waals surface area contributed by atoms with Crippen molar-refractivity contribution in [3.05, 3.63) is 106 Å². The largest absolute Gasteiger partial charge is 0.453 e. The van der Waals surface area contributed by atoms with Crippen LogP contribution in [-0.4, -0.2) is 77.2 Å². The molecule has 0 unspecified atom stereocenters. The first-order chi connectivity index (χ1) is 27.1. The molecule has 0 aliphatic rings. The van der Waals surface area contributed by atoms with E-state index in [0.29, 0.717) is 12.8 Å². The van der Waals surface area contributed by atoms with Crippen molar-refractivity contribution in [1.82, 2.24) is 31.9 Å². The van der Waals surface area contributed by atoms with Crippen LogP contribution in [0.4, 0.5) is 28.8 Å². The second-order valence-corrected chi connectivity index (χ2v) is 11.8. The Morgan fingerprint density at radius 1 is 0.375 bits per heavy atom. The van der Waals surface area contributed by atoms with E-state index >= 15 is 0 Å². The molecule has 0 aliphatic carbocycles. The lowest BCUT2D eigenvalue weighted by atomic mass is 10.1. The number of hydrogen-bond acceptors (Lipinski definition) is 12. The summed E-state index contributed by atoms with van der Waals surface area (Å²) in [5.41, 5.74) is 4.87. The van der Waals surface area contributed by atoms with Crippen LogP contribution >= 0.6 is 0 Å². The quantitative estimate of drug-likeness (QED) is 0.0689. The van der Waals surface area contributed by atoms with Crippen LogP contribution in [-0.2, 0) is 67.7 Å². The minimum Gasteiger partial charge on any atom is -0.453 e. The van der Waals surface area contributed by atoms with E-state index in [-0.39, 0.29) is 65.7 Å². The van der Waals surface area contributed by atoms with Gasteiger partial charge < -0.3 is 60.3 Å². The highest BCUT2D eigenvalue weighted by atomic mass is 16.6. The van der Waals surface area contributed by atoms with Crippen LogP contribution in [0.2, 0.25) is 0 Å². The van der Waals surface area contributed by atoms with Gasteiger partial charge in [0.1, 0.15) is 0 Å². The summed E-state index contributed by atoms with van der Waals surface area (Å²) in [7, 11) is 2.57. The first kappa shape index (κ1) is 43.7. The van der Waals surface area contributed by atoms with Gasteiger partial charge in [-0.2, -0.15) is 0 Å². The molecule has 0 fully saturated rings. The summed E-state index contributed by atoms with van der Waals surface area (Å²) in [5, 5.41) is 15.8. The predicted molar refractivity (Wildman–Crippen MR) is 200 cm³/mol. The number of benzene rings is 3. The van der Waals surface area contributed by atoms with Gasteiger partial charge in [0.2, 0.25) is 0 Å². The lowest BCUT2D eigenvalue weighted by Crippen LogP contribution is -2.27. The van der Waals surface area contributed by atoms with E-state index in [1.807, 2.05) is 66.7 Å². The fraction of sp³-hybridized carbons (Fsp3) is 0.368. The van der Waals surface area contributed by atoms with E-state index < -0.39 is 36.6 Å². The Kier molecular flexibility index (Phi) is 19.8. The highest BCUT2D eigenvalue weighted by Gasteiger charge is 2.09. The molecule has 3 rings (SSSR count). The van der Waals surface area contributed by atoms with Gasteiger partial charge in [-0.1, -0.05) is 72.8 Å². The number of carbonyl (C=O) groups is 6. The predicted octanol–water partition coefficient (Wildman–Crippen LogP) is 4.48. The van der Waals surface area contributed by atoms with Gasteiger partial charge in [-0.25, -0.2) is 28.8 Å². The smallest absolute Gasteiger partial charge is 0.407 e. The zero-order chi connectivity index (χ0) is 40.4. The molecule has 302 valence electrons. The Morgan fingerprint density at radius 2 is 0.589 bits per heavy atom. The first-order valence-electron chi connectivity index (χ1n) is 17.6. The van der Waals surface area contributed by atoms with Crippen molar-refractivity contribution >= 4 is 36.6 Å². The number of alkyl carbamates (subject to hydrolysis) is 6. The van der Waals surface area contributed by atoms with Crippen LogP contribution in [0.1, 0.15) is 46.2 Å². The van der Waals surface area contributed by atoms with Gasteiger partial charge in [0, 0.05) is 52.1 Å². The molecule has 0 aliphatic heterocycles. The maximum atomic E-state index is 12.1. The van der Waals surface area contributed by atoms with Gasteiger partial charge in [0.05, 0.1) is 40.6 Å².